The van der Waals surface area contributed by atoms with E-state index in [0.29, 0.717) is 17.1 Å². The lowest BCUT2D eigenvalue weighted by atomic mass is 10.1. The molecule has 0 aliphatic carbocycles. The minimum absolute atomic E-state index is 0.00968. The van der Waals surface area contributed by atoms with Crippen LogP contribution < -0.4 is 25.2 Å². The van der Waals surface area contributed by atoms with E-state index in [1.165, 1.54) is 53.5 Å². The number of hydrogen-bond donors (Lipinski definition) is 3. The topological polar surface area (TPSA) is 126 Å². The number of ether oxygens (including phenoxy) is 2. The predicted molar refractivity (Wildman–Crippen MR) is 165 cm³/mol. The van der Waals surface area contributed by atoms with Gasteiger partial charge in [0.1, 0.15) is 17.8 Å². The molecule has 0 saturated carbocycles. The number of aliphatic hydroxyl groups is 1. The zero-order chi connectivity index (χ0) is 34.6. The lowest BCUT2D eigenvalue weighted by Crippen LogP contribution is -2.42. The Labute approximate surface area is 277 Å². The minimum atomic E-state index is -4.80. The SMILES string of the molecule is CC(NNC(O)N=C1SCC(=O)N1c1cc(Cl)ccc1OCC(F)(F)F)c1ccc(-c2ncn(-c3ccc(OC(F)(F)F)cc3)n2)cc1. The molecule has 2 atom stereocenters. The normalized spacial score (nSPS) is 16.0. The smallest absolute Gasteiger partial charge is 0.482 e. The second-order valence-corrected chi connectivity index (χ2v) is 11.4. The summed E-state index contributed by atoms with van der Waals surface area (Å²) in [6.07, 6.45) is -9.56. The lowest BCUT2D eigenvalue weighted by Gasteiger charge is -2.22. The second-order valence-electron chi connectivity index (χ2n) is 10.0. The Morgan fingerprint density at radius 3 is 2.42 bits per heavy atom. The van der Waals surface area contributed by atoms with Gasteiger partial charge in [-0.25, -0.2) is 25.5 Å². The molecule has 1 aromatic heterocycles. The van der Waals surface area contributed by atoms with Crippen molar-refractivity contribution in [3.63, 3.8) is 0 Å². The van der Waals surface area contributed by atoms with Crippen molar-refractivity contribution in [3.8, 4) is 28.6 Å². The van der Waals surface area contributed by atoms with Crippen LogP contribution in [0.5, 0.6) is 11.5 Å². The van der Waals surface area contributed by atoms with E-state index in [-0.39, 0.29) is 39.2 Å². The van der Waals surface area contributed by atoms with E-state index >= 15 is 0 Å². The summed E-state index contributed by atoms with van der Waals surface area (Å²) in [6.45, 7) is 0.203. The molecular formula is C29H24ClF6N7O4S. The summed E-state index contributed by atoms with van der Waals surface area (Å²) in [5.41, 5.74) is 7.36. The molecule has 11 nitrogen and oxygen atoms in total. The van der Waals surface area contributed by atoms with Gasteiger partial charge in [0.2, 0.25) is 12.3 Å². The van der Waals surface area contributed by atoms with Crippen LogP contribution in [-0.4, -0.2) is 62.2 Å². The van der Waals surface area contributed by atoms with Crippen molar-refractivity contribution in [1.29, 1.82) is 0 Å². The number of alkyl halides is 6. The van der Waals surface area contributed by atoms with Crippen molar-refractivity contribution in [2.45, 2.75) is 31.9 Å². The number of thioether (sulfide) groups is 1. The molecule has 1 aliphatic heterocycles. The number of halogens is 7. The molecule has 0 radical (unpaired) electrons. The number of aromatic nitrogens is 3. The Morgan fingerprint density at radius 2 is 1.75 bits per heavy atom. The summed E-state index contributed by atoms with van der Waals surface area (Å²) in [6, 6.07) is 15.7. The first kappa shape index (κ1) is 35.0. The molecule has 2 heterocycles. The molecule has 1 saturated heterocycles. The summed E-state index contributed by atoms with van der Waals surface area (Å²) in [5.74, 6) is -0.823. The van der Waals surface area contributed by atoms with Crippen molar-refractivity contribution >= 4 is 40.1 Å². The number of amidine groups is 1. The third-order valence-electron chi connectivity index (χ3n) is 6.48. The molecule has 1 fully saturated rings. The van der Waals surface area contributed by atoms with Gasteiger partial charge in [0.25, 0.3) is 0 Å². The van der Waals surface area contributed by atoms with E-state index in [2.05, 4.69) is 30.7 Å². The number of carbonyl (C=O) groups excluding carboxylic acids is 1. The van der Waals surface area contributed by atoms with Gasteiger partial charge in [-0.15, -0.1) is 18.3 Å². The van der Waals surface area contributed by atoms with Gasteiger partial charge >= 0.3 is 12.5 Å². The van der Waals surface area contributed by atoms with Gasteiger partial charge in [-0.1, -0.05) is 47.6 Å². The number of anilines is 1. The second kappa shape index (κ2) is 14.4. The first-order valence-corrected chi connectivity index (χ1v) is 15.1. The molecular weight excluding hydrogens is 692 g/mol. The maximum atomic E-state index is 12.8. The highest BCUT2D eigenvalue weighted by Gasteiger charge is 2.35. The Bertz CT molecular complexity index is 1770. The molecule has 48 heavy (non-hydrogen) atoms. The number of amides is 1. The number of nitrogens with zero attached hydrogens (tertiary/aromatic N) is 5. The van der Waals surface area contributed by atoms with E-state index < -0.39 is 31.4 Å². The number of rotatable bonds is 11. The largest absolute Gasteiger partial charge is 0.573 e. The number of carbonyl (C=O) groups is 1. The van der Waals surface area contributed by atoms with Crippen LogP contribution >= 0.6 is 23.4 Å². The van der Waals surface area contributed by atoms with E-state index in [1.54, 1.807) is 31.2 Å². The third kappa shape index (κ3) is 9.16. The van der Waals surface area contributed by atoms with Gasteiger partial charge in [0.05, 0.1) is 17.1 Å². The summed E-state index contributed by atoms with van der Waals surface area (Å²) < 4.78 is 85.8. The Morgan fingerprint density at radius 1 is 1.04 bits per heavy atom. The van der Waals surface area contributed by atoms with E-state index in [1.807, 2.05) is 0 Å². The maximum Gasteiger partial charge on any atom is 0.573 e. The first-order chi connectivity index (χ1) is 22.6. The number of nitrogens with one attached hydrogen (secondary N) is 2. The fourth-order valence-corrected chi connectivity index (χ4v) is 5.35. The average molecular weight is 716 g/mol. The van der Waals surface area contributed by atoms with Gasteiger partial charge in [-0.2, -0.15) is 13.2 Å². The van der Waals surface area contributed by atoms with Crippen LogP contribution in [0.4, 0.5) is 32.0 Å². The van der Waals surface area contributed by atoms with Crippen LogP contribution in [0.15, 0.2) is 78.0 Å². The number of hydrazine groups is 1. The molecule has 4 aromatic rings. The molecule has 1 amide bonds. The number of aliphatic imine (C=N–C) groups is 1. The quantitative estimate of drug-likeness (QED) is 0.0975. The van der Waals surface area contributed by atoms with Crippen LogP contribution in [0.1, 0.15) is 18.5 Å². The molecule has 1 aliphatic rings. The van der Waals surface area contributed by atoms with Crippen LogP contribution in [0.3, 0.4) is 0 Å². The summed E-state index contributed by atoms with van der Waals surface area (Å²) in [4.78, 5) is 22.1. The van der Waals surface area contributed by atoms with Crippen LogP contribution in [0.25, 0.3) is 17.1 Å². The Hall–Kier alpha value is -4.36. The maximum absolute atomic E-state index is 12.8. The van der Waals surface area contributed by atoms with Crippen molar-refractivity contribution in [2.75, 3.05) is 17.3 Å². The summed E-state index contributed by atoms with van der Waals surface area (Å²) in [5, 5.41) is 15.1. The van der Waals surface area contributed by atoms with E-state index in [4.69, 9.17) is 16.3 Å². The van der Waals surface area contributed by atoms with Gasteiger partial charge in [0.15, 0.2) is 17.6 Å². The Kier molecular flexibility index (Phi) is 10.5. The summed E-state index contributed by atoms with van der Waals surface area (Å²) >= 11 is 7.02. The highest BCUT2D eigenvalue weighted by Crippen LogP contribution is 2.37. The minimum Gasteiger partial charge on any atom is -0.482 e. The van der Waals surface area contributed by atoms with Gasteiger partial charge < -0.3 is 14.6 Å². The molecule has 0 spiro atoms. The van der Waals surface area contributed by atoms with Gasteiger partial charge in [0, 0.05) is 16.6 Å². The standard InChI is InChI=1S/C29H24ClF6N7O4S/c1-16(17-2-4-18(5-3-17)25-37-15-42(41-25)20-7-9-21(10-8-20)47-29(34,35)36)39-40-26(45)38-27-43(24(44)13-48-27)22-12-19(30)6-11-23(22)46-14-28(31,32)33/h2-12,15-16,26,39-40,45H,13-14H2,1H3. The highest BCUT2D eigenvalue weighted by atomic mass is 35.5. The Balaban J connectivity index is 1.20. The molecule has 19 heteroatoms. The number of benzene rings is 3. The monoisotopic (exact) mass is 715 g/mol. The predicted octanol–water partition coefficient (Wildman–Crippen LogP) is 5.99. The van der Waals surface area contributed by atoms with E-state index in [0.717, 1.165) is 22.2 Å². The lowest BCUT2D eigenvalue weighted by molar-refractivity contribution is -0.274. The molecule has 2 unspecified atom stereocenters. The molecule has 3 N–H and O–H groups in total. The fourth-order valence-electron chi connectivity index (χ4n) is 4.30. The number of hydrogen-bond acceptors (Lipinski definition) is 10. The molecule has 0 bridgehead atoms. The van der Waals surface area contributed by atoms with Crippen molar-refractivity contribution < 1.29 is 45.7 Å². The average Bonchev–Trinajstić information content (AvgIpc) is 3.65. The third-order valence-corrected chi connectivity index (χ3v) is 7.65. The van der Waals surface area contributed by atoms with Crippen molar-refractivity contribution in [1.82, 2.24) is 25.6 Å². The number of aliphatic hydroxyl groups excluding tert-OH is 1. The van der Waals surface area contributed by atoms with Gasteiger partial charge in [-0.05, 0) is 55.0 Å². The van der Waals surface area contributed by atoms with Gasteiger partial charge in [-0.3, -0.25) is 9.69 Å². The highest BCUT2D eigenvalue weighted by molar-refractivity contribution is 8.15. The molecule has 254 valence electrons. The van der Waals surface area contributed by atoms with Crippen molar-refractivity contribution in [2.24, 2.45) is 4.99 Å². The first-order valence-electron chi connectivity index (χ1n) is 13.8. The van der Waals surface area contributed by atoms with Crippen LogP contribution in [0, 0.1) is 0 Å². The van der Waals surface area contributed by atoms with Crippen LogP contribution in [0.2, 0.25) is 5.02 Å². The zero-order valence-corrected chi connectivity index (χ0v) is 26.0. The summed E-state index contributed by atoms with van der Waals surface area (Å²) in [7, 11) is 0. The molecule has 3 aromatic carbocycles. The van der Waals surface area contributed by atoms with Crippen LogP contribution in [-0.2, 0) is 4.79 Å². The van der Waals surface area contributed by atoms with Crippen molar-refractivity contribution in [3.05, 3.63) is 83.6 Å². The zero-order valence-electron chi connectivity index (χ0n) is 24.5. The molecule has 5 rings (SSSR count). The van der Waals surface area contributed by atoms with E-state index in [9.17, 15) is 36.2 Å². The fraction of sp³-hybridized carbons (Fsp3) is 0.241.